The number of hydrogen-bond acceptors (Lipinski definition) is 2. The second-order valence-electron chi connectivity index (χ2n) is 2.69. The van der Waals surface area contributed by atoms with Crippen LogP contribution in [-0.2, 0) is 4.79 Å². The van der Waals surface area contributed by atoms with E-state index < -0.39 is 18.1 Å². The summed E-state index contributed by atoms with van der Waals surface area (Å²) < 4.78 is 36.2. The van der Waals surface area contributed by atoms with Crippen molar-refractivity contribution in [3.8, 4) is 0 Å². The fourth-order valence-corrected chi connectivity index (χ4v) is 1.05. The smallest absolute Gasteiger partial charge is 0.343 e. The predicted molar refractivity (Wildman–Crippen MR) is 35.5 cm³/mol. The van der Waals surface area contributed by atoms with Crippen LogP contribution in [0.5, 0.6) is 0 Å². The normalized spacial score (nSPS) is 26.2. The molecule has 0 radical (unpaired) electrons. The Labute approximate surface area is 67.5 Å². The molecule has 1 heterocycles. The fraction of sp³-hybridized carbons (Fsp3) is 0.833. The molecule has 6 heteroatoms. The zero-order valence-electron chi connectivity index (χ0n) is 6.48. The Morgan fingerprint density at radius 1 is 1.58 bits per heavy atom. The molecule has 0 aliphatic carbocycles. The van der Waals surface area contributed by atoms with E-state index in [0.29, 0.717) is 6.54 Å². The van der Waals surface area contributed by atoms with Gasteiger partial charge in [-0.3, -0.25) is 10.1 Å². The Morgan fingerprint density at radius 2 is 2.17 bits per heavy atom. The van der Waals surface area contributed by atoms with Gasteiger partial charge in [0.15, 0.2) is 6.04 Å². The number of likely N-dealkylation sites (N-methyl/N-ethyl adjacent to an activating group) is 1. The second-order valence-corrected chi connectivity index (χ2v) is 2.69. The van der Waals surface area contributed by atoms with Crippen LogP contribution in [-0.4, -0.2) is 43.2 Å². The van der Waals surface area contributed by atoms with Crippen LogP contribution in [0.25, 0.3) is 0 Å². The summed E-state index contributed by atoms with van der Waals surface area (Å²) >= 11 is 0. The van der Waals surface area contributed by atoms with E-state index in [1.807, 2.05) is 0 Å². The molecule has 3 nitrogen and oxygen atoms in total. The van der Waals surface area contributed by atoms with Gasteiger partial charge in [-0.2, -0.15) is 13.2 Å². The third-order valence-corrected chi connectivity index (χ3v) is 1.75. The van der Waals surface area contributed by atoms with Crippen LogP contribution in [0.4, 0.5) is 13.2 Å². The molecular weight excluding hydrogens is 173 g/mol. The second kappa shape index (κ2) is 2.93. The molecule has 12 heavy (non-hydrogen) atoms. The van der Waals surface area contributed by atoms with E-state index in [9.17, 15) is 18.0 Å². The lowest BCUT2D eigenvalue weighted by Crippen LogP contribution is -2.59. The molecule has 1 atom stereocenters. The van der Waals surface area contributed by atoms with Crippen LogP contribution < -0.4 is 5.32 Å². The number of rotatable bonds is 0. The highest BCUT2D eigenvalue weighted by Gasteiger charge is 2.47. The van der Waals surface area contributed by atoms with Gasteiger partial charge in [-0.05, 0) is 0 Å². The average molecular weight is 182 g/mol. The number of carbonyl (C=O) groups excluding carboxylic acids is 1. The Balaban J connectivity index is 2.71. The van der Waals surface area contributed by atoms with Gasteiger partial charge in [-0.25, -0.2) is 0 Å². The van der Waals surface area contributed by atoms with Gasteiger partial charge in [0, 0.05) is 20.1 Å². The monoisotopic (exact) mass is 182 g/mol. The van der Waals surface area contributed by atoms with Gasteiger partial charge < -0.3 is 4.90 Å². The third kappa shape index (κ3) is 1.69. The maximum absolute atomic E-state index is 12.1. The third-order valence-electron chi connectivity index (χ3n) is 1.75. The first-order valence-corrected chi connectivity index (χ1v) is 3.48. The summed E-state index contributed by atoms with van der Waals surface area (Å²) in [4.78, 5) is 12.0. The summed E-state index contributed by atoms with van der Waals surface area (Å²) in [5, 5.41) is 2.12. The summed E-state index contributed by atoms with van der Waals surface area (Å²) in [5.74, 6) is -0.909. The topological polar surface area (TPSA) is 32.3 Å². The minimum absolute atomic E-state index is 0.187. The SMILES string of the molecule is CN1CCNC(C(F)(F)F)C1=O. The molecule has 1 fully saturated rings. The number of amides is 1. The Kier molecular flexibility index (Phi) is 2.27. The highest BCUT2D eigenvalue weighted by Crippen LogP contribution is 2.22. The molecule has 1 saturated heterocycles. The molecule has 1 aliphatic rings. The molecule has 0 aromatic heterocycles. The van der Waals surface area contributed by atoms with Gasteiger partial charge in [-0.1, -0.05) is 0 Å². The molecule has 0 spiro atoms. The molecule has 70 valence electrons. The summed E-state index contributed by atoms with van der Waals surface area (Å²) in [7, 11) is 1.36. The van der Waals surface area contributed by atoms with Crippen molar-refractivity contribution in [1.82, 2.24) is 10.2 Å². The molecular formula is C6H9F3N2O. The Hall–Kier alpha value is -0.780. The van der Waals surface area contributed by atoms with Crippen LogP contribution in [0.1, 0.15) is 0 Å². The molecule has 0 aromatic carbocycles. The van der Waals surface area contributed by atoms with Crippen LogP contribution in [0.3, 0.4) is 0 Å². The number of piperazine rings is 1. The highest BCUT2D eigenvalue weighted by molar-refractivity contribution is 5.83. The van der Waals surface area contributed by atoms with Gasteiger partial charge in [-0.15, -0.1) is 0 Å². The van der Waals surface area contributed by atoms with Crippen molar-refractivity contribution in [2.45, 2.75) is 12.2 Å². The summed E-state index contributed by atoms with van der Waals surface area (Å²) in [5.41, 5.74) is 0. The van der Waals surface area contributed by atoms with Gasteiger partial charge in [0.25, 0.3) is 0 Å². The van der Waals surface area contributed by atoms with E-state index in [0.717, 1.165) is 4.90 Å². The van der Waals surface area contributed by atoms with Crippen LogP contribution in [0.15, 0.2) is 0 Å². The maximum atomic E-state index is 12.1. The van der Waals surface area contributed by atoms with Crippen molar-refractivity contribution in [2.24, 2.45) is 0 Å². The van der Waals surface area contributed by atoms with Crippen molar-refractivity contribution in [1.29, 1.82) is 0 Å². The fourth-order valence-electron chi connectivity index (χ4n) is 1.05. The molecule has 0 saturated carbocycles. The number of nitrogens with zero attached hydrogens (tertiary/aromatic N) is 1. The highest BCUT2D eigenvalue weighted by atomic mass is 19.4. The van der Waals surface area contributed by atoms with Gasteiger partial charge >= 0.3 is 6.18 Å². The van der Waals surface area contributed by atoms with Crippen molar-refractivity contribution in [2.75, 3.05) is 20.1 Å². The van der Waals surface area contributed by atoms with Crippen LogP contribution in [0, 0.1) is 0 Å². The van der Waals surface area contributed by atoms with Crippen molar-refractivity contribution in [3.05, 3.63) is 0 Å². The lowest BCUT2D eigenvalue weighted by atomic mass is 10.2. The van der Waals surface area contributed by atoms with E-state index >= 15 is 0 Å². The first kappa shape index (κ1) is 9.31. The number of carbonyl (C=O) groups is 1. The first-order chi connectivity index (χ1) is 5.43. The molecule has 1 aliphatic heterocycles. The van der Waals surface area contributed by atoms with E-state index in [4.69, 9.17) is 0 Å². The van der Waals surface area contributed by atoms with Gasteiger partial charge in [0.05, 0.1) is 0 Å². The molecule has 0 bridgehead atoms. The number of halogens is 3. The minimum atomic E-state index is -4.48. The quantitative estimate of drug-likeness (QED) is 0.571. The minimum Gasteiger partial charge on any atom is -0.343 e. The number of hydrogen-bond donors (Lipinski definition) is 1. The van der Waals surface area contributed by atoms with Gasteiger partial charge in [0.1, 0.15) is 0 Å². The molecule has 1 N–H and O–H groups in total. The van der Waals surface area contributed by atoms with Gasteiger partial charge in [0.2, 0.25) is 5.91 Å². The zero-order valence-corrected chi connectivity index (χ0v) is 6.48. The van der Waals surface area contributed by atoms with E-state index in [1.54, 1.807) is 0 Å². The lowest BCUT2D eigenvalue weighted by Gasteiger charge is -2.31. The largest absolute Gasteiger partial charge is 0.412 e. The average Bonchev–Trinajstić information content (AvgIpc) is 1.92. The number of alkyl halides is 3. The summed E-state index contributed by atoms with van der Waals surface area (Å²) in [6.45, 7) is 0.512. The van der Waals surface area contributed by atoms with E-state index in [-0.39, 0.29) is 6.54 Å². The number of nitrogens with one attached hydrogen (secondary N) is 1. The standard InChI is InChI=1S/C6H9F3N2O/c1-11-3-2-10-4(5(11)12)6(7,8)9/h4,10H,2-3H2,1H3. The van der Waals surface area contributed by atoms with Crippen LogP contribution in [0.2, 0.25) is 0 Å². The van der Waals surface area contributed by atoms with Crippen molar-refractivity contribution >= 4 is 5.91 Å². The summed E-state index contributed by atoms with van der Waals surface area (Å²) in [6, 6.07) is -2.02. The molecule has 1 rings (SSSR count). The molecule has 1 amide bonds. The van der Waals surface area contributed by atoms with E-state index in [2.05, 4.69) is 5.32 Å². The van der Waals surface area contributed by atoms with Crippen molar-refractivity contribution in [3.63, 3.8) is 0 Å². The van der Waals surface area contributed by atoms with Crippen LogP contribution >= 0.6 is 0 Å². The van der Waals surface area contributed by atoms with E-state index in [1.165, 1.54) is 7.05 Å². The first-order valence-electron chi connectivity index (χ1n) is 3.48. The zero-order chi connectivity index (χ0) is 9.35. The van der Waals surface area contributed by atoms with Crippen molar-refractivity contribution < 1.29 is 18.0 Å². The molecule has 1 unspecified atom stereocenters. The lowest BCUT2D eigenvalue weighted by molar-refractivity contribution is -0.178. The Morgan fingerprint density at radius 3 is 2.58 bits per heavy atom. The Bertz CT molecular complexity index is 192. The maximum Gasteiger partial charge on any atom is 0.412 e. The molecule has 0 aromatic rings. The predicted octanol–water partition coefficient (Wildman–Crippen LogP) is -0.0211. The summed E-state index contributed by atoms with van der Waals surface area (Å²) in [6.07, 6.45) is -4.48.